The molecule has 0 radical (unpaired) electrons. The van der Waals surface area contributed by atoms with Crippen molar-refractivity contribution in [2.24, 2.45) is 0 Å². The lowest BCUT2D eigenvalue weighted by Crippen LogP contribution is -2.26. The molecule has 1 aromatic carbocycles. The number of unbranched alkanes of at least 4 members (excludes halogenated alkanes) is 1. The van der Waals surface area contributed by atoms with Crippen LogP contribution in [0.15, 0.2) is 45.2 Å². The zero-order chi connectivity index (χ0) is 16.9. The van der Waals surface area contributed by atoms with Gasteiger partial charge in [-0.15, -0.1) is 11.8 Å². The molecule has 128 valence electrons. The third kappa shape index (κ3) is 4.06. The van der Waals surface area contributed by atoms with Gasteiger partial charge in [-0.05, 0) is 18.4 Å². The van der Waals surface area contributed by atoms with E-state index in [1.807, 2.05) is 22.8 Å². The summed E-state index contributed by atoms with van der Waals surface area (Å²) in [7, 11) is 0. The van der Waals surface area contributed by atoms with Gasteiger partial charge in [0.1, 0.15) is 0 Å². The van der Waals surface area contributed by atoms with Crippen molar-refractivity contribution in [3.63, 3.8) is 0 Å². The summed E-state index contributed by atoms with van der Waals surface area (Å²) < 4.78 is 1.90. The Kier molecular flexibility index (Phi) is 6.06. The summed E-state index contributed by atoms with van der Waals surface area (Å²) in [4.78, 5) is 18.7. The molecule has 1 atom stereocenters. The van der Waals surface area contributed by atoms with E-state index in [2.05, 4.69) is 26.0 Å². The fourth-order valence-electron chi connectivity index (χ4n) is 2.83. The van der Waals surface area contributed by atoms with Crippen LogP contribution in [0.3, 0.4) is 0 Å². The van der Waals surface area contributed by atoms with E-state index in [1.54, 1.807) is 23.5 Å². The van der Waals surface area contributed by atoms with Crippen molar-refractivity contribution >= 4 is 23.5 Å². The molecule has 1 aromatic heterocycles. The summed E-state index contributed by atoms with van der Waals surface area (Å²) >= 11 is 3.42. The van der Waals surface area contributed by atoms with E-state index in [-0.39, 0.29) is 5.56 Å². The van der Waals surface area contributed by atoms with Gasteiger partial charge in [-0.25, -0.2) is 4.98 Å². The van der Waals surface area contributed by atoms with Crippen molar-refractivity contribution in [2.75, 3.05) is 5.75 Å². The second-order valence-corrected chi connectivity index (χ2v) is 8.71. The van der Waals surface area contributed by atoms with Crippen LogP contribution in [0.25, 0.3) is 0 Å². The fraction of sp³-hybridized carbons (Fsp3) is 0.474. The zero-order valence-corrected chi connectivity index (χ0v) is 16.0. The van der Waals surface area contributed by atoms with Crippen LogP contribution in [0, 0.1) is 0 Å². The maximum Gasteiger partial charge on any atom is 0.268 e. The van der Waals surface area contributed by atoms with E-state index < -0.39 is 0 Å². The molecular formula is C19H24N2OS2. The summed E-state index contributed by atoms with van der Waals surface area (Å²) in [6, 6.07) is 10.4. The summed E-state index contributed by atoms with van der Waals surface area (Å²) in [5.74, 6) is 1.02. The molecule has 24 heavy (non-hydrogen) atoms. The summed E-state index contributed by atoms with van der Waals surface area (Å²) in [6.07, 6.45) is 4.10. The predicted octanol–water partition coefficient (Wildman–Crippen LogP) is 4.41. The Labute approximate surface area is 152 Å². The molecule has 0 fully saturated rings. The lowest BCUT2D eigenvalue weighted by atomic mass is 10.1. The highest BCUT2D eigenvalue weighted by atomic mass is 32.2. The Morgan fingerprint density at radius 1 is 1.33 bits per heavy atom. The maximum atomic E-state index is 13.0. The van der Waals surface area contributed by atoms with E-state index in [4.69, 9.17) is 4.98 Å². The zero-order valence-electron chi connectivity index (χ0n) is 14.3. The van der Waals surface area contributed by atoms with Crippen LogP contribution in [0.2, 0.25) is 0 Å². The maximum absolute atomic E-state index is 13.0. The molecule has 5 heteroatoms. The molecule has 3 rings (SSSR count). The minimum Gasteiger partial charge on any atom is -0.286 e. The molecule has 2 heterocycles. The summed E-state index contributed by atoms with van der Waals surface area (Å²) in [5, 5.41) is 1.36. The molecule has 1 aliphatic heterocycles. The van der Waals surface area contributed by atoms with Gasteiger partial charge in [0.05, 0.1) is 10.6 Å². The van der Waals surface area contributed by atoms with Crippen molar-refractivity contribution < 1.29 is 0 Å². The van der Waals surface area contributed by atoms with Gasteiger partial charge in [-0.1, -0.05) is 62.4 Å². The fourth-order valence-corrected chi connectivity index (χ4v) is 5.07. The van der Waals surface area contributed by atoms with Crippen LogP contribution >= 0.6 is 23.5 Å². The molecule has 0 saturated heterocycles. The molecule has 1 aliphatic rings. The first kappa shape index (κ1) is 17.6. The van der Waals surface area contributed by atoms with Gasteiger partial charge in [0, 0.05) is 24.0 Å². The van der Waals surface area contributed by atoms with Crippen molar-refractivity contribution in [1.82, 2.24) is 9.55 Å². The highest BCUT2D eigenvalue weighted by molar-refractivity contribution is 8.00. The highest BCUT2D eigenvalue weighted by Gasteiger charge is 2.26. The number of rotatable bonds is 7. The lowest BCUT2D eigenvalue weighted by Gasteiger charge is -2.13. The van der Waals surface area contributed by atoms with E-state index >= 15 is 0 Å². The van der Waals surface area contributed by atoms with E-state index in [9.17, 15) is 4.79 Å². The first-order valence-corrected chi connectivity index (χ1v) is 10.5. The van der Waals surface area contributed by atoms with Crippen LogP contribution in [-0.4, -0.2) is 20.6 Å². The minimum atomic E-state index is 0.157. The van der Waals surface area contributed by atoms with Gasteiger partial charge in [0.2, 0.25) is 0 Å². The molecule has 2 aromatic rings. The van der Waals surface area contributed by atoms with Crippen LogP contribution in [0.4, 0.5) is 0 Å². The van der Waals surface area contributed by atoms with Gasteiger partial charge >= 0.3 is 0 Å². The van der Waals surface area contributed by atoms with E-state index in [1.165, 1.54) is 12.0 Å². The number of benzene rings is 1. The lowest BCUT2D eigenvalue weighted by molar-refractivity contribution is 0.564. The number of nitrogens with zero attached hydrogens (tertiary/aromatic N) is 2. The Balaban J connectivity index is 1.87. The van der Waals surface area contributed by atoms with E-state index in [0.717, 1.165) is 40.8 Å². The minimum absolute atomic E-state index is 0.157. The molecule has 0 saturated carbocycles. The van der Waals surface area contributed by atoms with Crippen LogP contribution < -0.4 is 5.56 Å². The van der Waals surface area contributed by atoms with E-state index in [0.29, 0.717) is 11.8 Å². The van der Waals surface area contributed by atoms with Gasteiger partial charge in [-0.2, -0.15) is 0 Å². The average molecular weight is 361 g/mol. The number of hydrogen-bond donors (Lipinski definition) is 0. The molecule has 1 unspecified atom stereocenters. The summed E-state index contributed by atoms with van der Waals surface area (Å²) in [6.45, 7) is 5.06. The first-order chi connectivity index (χ1) is 11.7. The van der Waals surface area contributed by atoms with Gasteiger partial charge < -0.3 is 0 Å². The first-order valence-electron chi connectivity index (χ1n) is 8.66. The van der Waals surface area contributed by atoms with Gasteiger partial charge in [-0.3, -0.25) is 9.36 Å². The standard InChI is InChI=1S/C19H24N2OS2/c1-3-4-12-23-19-20-16-13-14(2)24-17(16)18(22)21(19)11-10-15-8-6-5-7-9-15/h5-9,14H,3-4,10-13H2,1-2H3. The smallest absolute Gasteiger partial charge is 0.268 e. The second kappa shape index (κ2) is 8.26. The van der Waals surface area contributed by atoms with Crippen LogP contribution in [0.5, 0.6) is 0 Å². The second-order valence-electron chi connectivity index (χ2n) is 6.20. The van der Waals surface area contributed by atoms with Crippen molar-refractivity contribution in [3.8, 4) is 0 Å². The Morgan fingerprint density at radius 2 is 2.12 bits per heavy atom. The van der Waals surface area contributed by atoms with Gasteiger partial charge in [0.15, 0.2) is 5.16 Å². The Hall–Kier alpha value is -1.20. The van der Waals surface area contributed by atoms with Crippen molar-refractivity contribution in [2.45, 2.75) is 61.4 Å². The average Bonchev–Trinajstić information content (AvgIpc) is 2.96. The monoisotopic (exact) mass is 360 g/mol. The number of fused-ring (bicyclic) bond motifs is 1. The normalized spacial score (nSPS) is 16.3. The molecule has 0 amide bonds. The third-order valence-electron chi connectivity index (χ3n) is 4.16. The molecule has 0 spiro atoms. The van der Waals surface area contributed by atoms with Crippen molar-refractivity contribution in [3.05, 3.63) is 51.9 Å². The predicted molar refractivity (Wildman–Crippen MR) is 103 cm³/mol. The Morgan fingerprint density at radius 3 is 2.88 bits per heavy atom. The van der Waals surface area contributed by atoms with Crippen molar-refractivity contribution in [1.29, 1.82) is 0 Å². The highest BCUT2D eigenvalue weighted by Crippen LogP contribution is 2.34. The van der Waals surface area contributed by atoms with Crippen LogP contribution in [0.1, 0.15) is 37.9 Å². The molecule has 0 N–H and O–H groups in total. The third-order valence-corrected chi connectivity index (χ3v) is 6.44. The molecular weight excluding hydrogens is 336 g/mol. The largest absolute Gasteiger partial charge is 0.286 e. The van der Waals surface area contributed by atoms with Crippen LogP contribution in [-0.2, 0) is 19.4 Å². The van der Waals surface area contributed by atoms with Gasteiger partial charge in [0.25, 0.3) is 5.56 Å². The number of thioether (sulfide) groups is 2. The Bertz CT molecular complexity index is 743. The molecule has 0 bridgehead atoms. The quantitative estimate of drug-likeness (QED) is 0.416. The molecule has 0 aliphatic carbocycles. The topological polar surface area (TPSA) is 34.9 Å². The number of hydrogen-bond acceptors (Lipinski definition) is 4. The number of aryl methyl sites for hydroxylation is 1. The SMILES string of the molecule is CCCCSc1nc2c(c(=O)n1CCc1ccccc1)SC(C)C2. The number of aromatic nitrogens is 2. The molecule has 3 nitrogen and oxygen atoms in total. The summed E-state index contributed by atoms with van der Waals surface area (Å²) in [5.41, 5.74) is 2.42.